The van der Waals surface area contributed by atoms with Crippen molar-refractivity contribution in [1.82, 2.24) is 0 Å². The van der Waals surface area contributed by atoms with Gasteiger partial charge >= 0.3 is 0 Å². The molecule has 0 N–H and O–H groups in total. The summed E-state index contributed by atoms with van der Waals surface area (Å²) in [6, 6.07) is 8.27. The number of carbonyl (C=O) groups is 1. The van der Waals surface area contributed by atoms with Crippen molar-refractivity contribution in [3.63, 3.8) is 0 Å². The van der Waals surface area contributed by atoms with Gasteiger partial charge in [0, 0.05) is 21.5 Å². The summed E-state index contributed by atoms with van der Waals surface area (Å²) in [6.45, 7) is 4.34. The van der Waals surface area contributed by atoms with E-state index in [1.165, 1.54) is 5.56 Å². The van der Waals surface area contributed by atoms with E-state index >= 15 is 0 Å². The average Bonchev–Trinajstić information content (AvgIpc) is 2.31. The fraction of sp³-hybridized carbons (Fsp3) is 0.188. The van der Waals surface area contributed by atoms with E-state index in [4.69, 9.17) is 0 Å². The standard InChI is InChI=1S/C16H13BrO/c1-16(2)13-6-4-3-5-10(13)7-12-14(16)8-11(17)9-15(12)18/h3-9H,1-2H3. The largest absolute Gasteiger partial charge is 0.289 e. The van der Waals surface area contributed by atoms with E-state index in [0.29, 0.717) is 0 Å². The molecule has 2 aliphatic carbocycles. The molecule has 0 aliphatic heterocycles. The molecule has 0 saturated carbocycles. The van der Waals surface area contributed by atoms with E-state index in [1.54, 1.807) is 6.08 Å². The van der Waals surface area contributed by atoms with E-state index in [0.717, 1.165) is 21.2 Å². The molecule has 0 atom stereocenters. The lowest BCUT2D eigenvalue weighted by Gasteiger charge is -2.36. The third-order valence-corrected chi connectivity index (χ3v) is 4.17. The molecule has 0 bridgehead atoms. The SMILES string of the molecule is CC1(C)C2=CC(Br)=CC(=O)C2=Cc2ccccc21. The lowest BCUT2D eigenvalue weighted by molar-refractivity contribution is -0.111. The molecule has 1 aromatic rings. The minimum absolute atomic E-state index is 0.0851. The van der Waals surface area contributed by atoms with Crippen molar-refractivity contribution in [2.75, 3.05) is 0 Å². The van der Waals surface area contributed by atoms with Gasteiger partial charge in [-0.1, -0.05) is 54.0 Å². The molecule has 0 amide bonds. The van der Waals surface area contributed by atoms with Gasteiger partial charge in [-0.3, -0.25) is 4.79 Å². The molecular formula is C16H13BrO. The summed E-state index contributed by atoms with van der Waals surface area (Å²) >= 11 is 3.42. The van der Waals surface area contributed by atoms with Crippen molar-refractivity contribution in [1.29, 1.82) is 0 Å². The first-order chi connectivity index (χ1) is 8.50. The van der Waals surface area contributed by atoms with Crippen LogP contribution in [0.25, 0.3) is 6.08 Å². The van der Waals surface area contributed by atoms with Gasteiger partial charge < -0.3 is 0 Å². The summed E-state index contributed by atoms with van der Waals surface area (Å²) < 4.78 is 0.854. The number of halogens is 1. The quantitative estimate of drug-likeness (QED) is 0.703. The van der Waals surface area contributed by atoms with Gasteiger partial charge in [0.1, 0.15) is 0 Å². The predicted octanol–water partition coefficient (Wildman–Crippen LogP) is 4.15. The van der Waals surface area contributed by atoms with Gasteiger partial charge in [0.2, 0.25) is 0 Å². The average molecular weight is 301 g/mol. The topological polar surface area (TPSA) is 17.1 Å². The van der Waals surface area contributed by atoms with Crippen molar-refractivity contribution in [3.05, 3.63) is 63.2 Å². The maximum Gasteiger partial charge on any atom is 0.187 e. The zero-order valence-electron chi connectivity index (χ0n) is 10.3. The van der Waals surface area contributed by atoms with Gasteiger partial charge in [-0.25, -0.2) is 0 Å². The molecule has 0 heterocycles. The molecule has 0 fully saturated rings. The van der Waals surface area contributed by atoms with Gasteiger partial charge in [0.25, 0.3) is 0 Å². The second kappa shape index (κ2) is 3.79. The minimum atomic E-state index is -0.135. The van der Waals surface area contributed by atoms with Gasteiger partial charge in [-0.05, 0) is 28.9 Å². The Hall–Kier alpha value is -1.41. The Morgan fingerprint density at radius 3 is 2.56 bits per heavy atom. The second-order valence-corrected chi connectivity index (χ2v) is 6.14. The molecule has 1 nitrogen and oxygen atoms in total. The van der Waals surface area contributed by atoms with E-state index in [9.17, 15) is 4.79 Å². The molecule has 2 aliphatic rings. The molecule has 1 aromatic carbocycles. The van der Waals surface area contributed by atoms with E-state index < -0.39 is 0 Å². The number of fused-ring (bicyclic) bond motifs is 2. The van der Waals surface area contributed by atoms with Crippen LogP contribution in [0, 0.1) is 0 Å². The first-order valence-corrected chi connectivity index (χ1v) is 6.75. The number of benzene rings is 1. The Labute approximate surface area is 115 Å². The van der Waals surface area contributed by atoms with Crippen LogP contribution in [-0.2, 0) is 10.2 Å². The molecule has 0 unspecified atom stereocenters. The number of hydrogen-bond donors (Lipinski definition) is 0. The Balaban J connectivity index is 2.32. The summed E-state index contributed by atoms with van der Waals surface area (Å²) in [7, 11) is 0. The minimum Gasteiger partial charge on any atom is -0.289 e. The van der Waals surface area contributed by atoms with Crippen LogP contribution in [0.15, 0.2) is 52.0 Å². The van der Waals surface area contributed by atoms with Crippen LogP contribution in [0.2, 0.25) is 0 Å². The van der Waals surface area contributed by atoms with Crippen molar-refractivity contribution >= 4 is 27.8 Å². The molecular weight excluding hydrogens is 288 g/mol. The molecule has 0 aromatic heterocycles. The van der Waals surface area contributed by atoms with Crippen molar-refractivity contribution in [2.24, 2.45) is 0 Å². The van der Waals surface area contributed by atoms with Crippen LogP contribution in [0.1, 0.15) is 25.0 Å². The van der Waals surface area contributed by atoms with Gasteiger partial charge in [-0.15, -0.1) is 0 Å². The highest BCUT2D eigenvalue weighted by molar-refractivity contribution is 9.11. The maximum absolute atomic E-state index is 12.1. The summed E-state index contributed by atoms with van der Waals surface area (Å²) in [5.74, 6) is 0.0851. The zero-order valence-corrected chi connectivity index (χ0v) is 11.9. The highest BCUT2D eigenvalue weighted by Crippen LogP contribution is 2.45. The van der Waals surface area contributed by atoms with Crippen LogP contribution in [0.5, 0.6) is 0 Å². The van der Waals surface area contributed by atoms with Crippen LogP contribution in [0.3, 0.4) is 0 Å². The molecule has 18 heavy (non-hydrogen) atoms. The van der Waals surface area contributed by atoms with Crippen molar-refractivity contribution in [2.45, 2.75) is 19.3 Å². The monoisotopic (exact) mass is 300 g/mol. The highest BCUT2D eigenvalue weighted by atomic mass is 79.9. The van der Waals surface area contributed by atoms with Crippen LogP contribution in [0.4, 0.5) is 0 Å². The second-order valence-electron chi connectivity index (χ2n) is 5.22. The molecule has 0 radical (unpaired) electrons. The summed E-state index contributed by atoms with van der Waals surface area (Å²) in [4.78, 5) is 12.1. The predicted molar refractivity (Wildman–Crippen MR) is 77.5 cm³/mol. The Kier molecular flexibility index (Phi) is 2.46. The molecule has 3 rings (SSSR count). The van der Waals surface area contributed by atoms with Gasteiger partial charge in [0.15, 0.2) is 5.78 Å². The van der Waals surface area contributed by atoms with Gasteiger partial charge in [-0.2, -0.15) is 0 Å². The van der Waals surface area contributed by atoms with Crippen molar-refractivity contribution in [3.8, 4) is 0 Å². The smallest absolute Gasteiger partial charge is 0.187 e. The summed E-state index contributed by atoms with van der Waals surface area (Å²) in [5, 5.41) is 0. The zero-order chi connectivity index (χ0) is 12.9. The number of ketones is 1. The van der Waals surface area contributed by atoms with E-state index in [2.05, 4.69) is 54.1 Å². The van der Waals surface area contributed by atoms with E-state index in [-0.39, 0.29) is 11.2 Å². The van der Waals surface area contributed by atoms with Crippen LogP contribution < -0.4 is 0 Å². The van der Waals surface area contributed by atoms with Gasteiger partial charge in [0.05, 0.1) is 0 Å². The molecule has 90 valence electrons. The fourth-order valence-electron chi connectivity index (χ4n) is 2.75. The normalized spacial score (nSPS) is 20.4. The van der Waals surface area contributed by atoms with Crippen LogP contribution in [-0.4, -0.2) is 5.78 Å². The number of carbonyl (C=O) groups excluding carboxylic acids is 1. The fourth-order valence-corrected chi connectivity index (χ4v) is 3.19. The van der Waals surface area contributed by atoms with Crippen molar-refractivity contribution < 1.29 is 4.79 Å². The maximum atomic E-state index is 12.1. The molecule has 0 spiro atoms. The highest BCUT2D eigenvalue weighted by Gasteiger charge is 2.36. The Bertz CT molecular complexity index is 645. The first-order valence-electron chi connectivity index (χ1n) is 5.95. The number of allylic oxidation sites excluding steroid dienone is 5. The first kappa shape index (κ1) is 11.7. The molecule has 0 saturated heterocycles. The van der Waals surface area contributed by atoms with E-state index in [1.807, 2.05) is 12.1 Å². The van der Waals surface area contributed by atoms with Crippen LogP contribution >= 0.6 is 15.9 Å². The lowest BCUT2D eigenvalue weighted by Crippen LogP contribution is -2.29. The number of hydrogen-bond acceptors (Lipinski definition) is 1. The Morgan fingerprint density at radius 1 is 1.06 bits per heavy atom. The Morgan fingerprint density at radius 2 is 1.78 bits per heavy atom. The molecule has 2 heteroatoms. The number of rotatable bonds is 0. The third-order valence-electron chi connectivity index (χ3n) is 3.71. The summed E-state index contributed by atoms with van der Waals surface area (Å²) in [6.07, 6.45) is 5.70. The summed E-state index contributed by atoms with van der Waals surface area (Å²) in [5.41, 5.74) is 4.20. The lowest BCUT2D eigenvalue weighted by atomic mass is 9.67. The third kappa shape index (κ3) is 1.56.